The lowest BCUT2D eigenvalue weighted by molar-refractivity contribution is -0.0115. The average Bonchev–Trinajstić information content (AvgIpc) is 3.27. The zero-order chi connectivity index (χ0) is 20.2. The Bertz CT molecular complexity index is 907. The lowest BCUT2D eigenvalue weighted by Crippen LogP contribution is -2.62. The summed E-state index contributed by atoms with van der Waals surface area (Å²) in [4.78, 5) is 16.2. The Hall–Kier alpha value is -2.14. The molecular weight excluding hydrogens is 360 g/mol. The predicted molar refractivity (Wildman–Crippen MR) is 114 cm³/mol. The molecule has 1 aliphatic carbocycles. The number of piperidine rings is 1. The van der Waals surface area contributed by atoms with Crippen LogP contribution in [-0.4, -0.2) is 45.2 Å². The van der Waals surface area contributed by atoms with E-state index in [0.29, 0.717) is 17.8 Å². The fraction of sp³-hybridized carbons (Fsp3) is 0.583. The first-order valence-corrected chi connectivity index (χ1v) is 11.2. The van der Waals surface area contributed by atoms with E-state index < -0.39 is 0 Å². The van der Waals surface area contributed by atoms with Crippen LogP contribution >= 0.6 is 0 Å². The van der Waals surface area contributed by atoms with Gasteiger partial charge >= 0.3 is 0 Å². The minimum absolute atomic E-state index is 0.115. The van der Waals surface area contributed by atoms with Crippen LogP contribution in [0.3, 0.4) is 0 Å². The molecule has 2 aliphatic heterocycles. The molecule has 5 nitrogen and oxygen atoms in total. The molecule has 5 atom stereocenters. The zero-order valence-corrected chi connectivity index (χ0v) is 17.7. The summed E-state index contributed by atoms with van der Waals surface area (Å²) < 4.78 is 0. The second-order valence-electron chi connectivity index (χ2n) is 9.48. The van der Waals surface area contributed by atoms with Crippen molar-refractivity contribution in [2.75, 3.05) is 0 Å². The molecule has 5 rings (SSSR count). The molecule has 29 heavy (non-hydrogen) atoms. The standard InChI is InChI=1S/C24H32N4O/c1-4-17-15(2)22(27-26-17)23(29)28-19(13-16-9-6-5-7-10-16)18-14-24(3)20(25-18)11-8-12-21(24)28/h5-7,9-10,18-21,25H,4,8,11-14H2,1-3H3,(H,26,27)/t18-,19-,20-,21+,24-/m0/s1. The molecule has 1 saturated carbocycles. The summed E-state index contributed by atoms with van der Waals surface area (Å²) in [5.74, 6) is 0.115. The highest BCUT2D eigenvalue weighted by Crippen LogP contribution is 2.52. The van der Waals surface area contributed by atoms with Gasteiger partial charge in [0.1, 0.15) is 0 Å². The van der Waals surface area contributed by atoms with E-state index in [1.165, 1.54) is 24.8 Å². The normalized spacial score (nSPS) is 33.1. The van der Waals surface area contributed by atoms with Gasteiger partial charge in [-0.25, -0.2) is 0 Å². The SMILES string of the molecule is CCc1[nH]nc(C(=O)N2[C@@H](Cc3ccccc3)[C@@H]3C[C@@]4(C)[C@H](CCC[C@@H]24)N3)c1C. The van der Waals surface area contributed by atoms with Crippen molar-refractivity contribution < 1.29 is 4.79 Å². The third-order valence-corrected chi connectivity index (χ3v) is 7.95. The number of amides is 1. The van der Waals surface area contributed by atoms with Gasteiger partial charge in [0.2, 0.25) is 0 Å². The highest BCUT2D eigenvalue weighted by Gasteiger charge is 2.60. The van der Waals surface area contributed by atoms with Gasteiger partial charge in [-0.1, -0.05) is 44.2 Å². The molecule has 0 radical (unpaired) electrons. The number of fused-ring (bicyclic) bond motifs is 1. The van der Waals surface area contributed by atoms with Crippen LogP contribution in [0.1, 0.15) is 66.8 Å². The maximum Gasteiger partial charge on any atom is 0.275 e. The van der Waals surface area contributed by atoms with Crippen molar-refractivity contribution in [3.63, 3.8) is 0 Å². The van der Waals surface area contributed by atoms with Gasteiger partial charge < -0.3 is 10.2 Å². The van der Waals surface area contributed by atoms with E-state index in [4.69, 9.17) is 0 Å². The molecular formula is C24H32N4O. The van der Waals surface area contributed by atoms with Gasteiger partial charge in [-0.15, -0.1) is 0 Å². The third kappa shape index (κ3) is 2.85. The molecule has 154 valence electrons. The van der Waals surface area contributed by atoms with Crippen LogP contribution in [0.2, 0.25) is 0 Å². The van der Waals surface area contributed by atoms with E-state index in [0.717, 1.165) is 30.5 Å². The first kappa shape index (κ1) is 18.9. The number of carbonyl (C=O) groups excluding carboxylic acids is 1. The molecule has 0 spiro atoms. The summed E-state index contributed by atoms with van der Waals surface area (Å²) in [5, 5.41) is 11.5. The predicted octanol–water partition coefficient (Wildman–Crippen LogP) is 3.64. The maximum absolute atomic E-state index is 13.9. The maximum atomic E-state index is 13.9. The molecule has 5 heteroatoms. The fourth-order valence-corrected chi connectivity index (χ4v) is 6.38. The van der Waals surface area contributed by atoms with E-state index in [-0.39, 0.29) is 23.4 Å². The molecule has 1 aromatic heterocycles. The van der Waals surface area contributed by atoms with Crippen molar-refractivity contribution >= 4 is 5.91 Å². The van der Waals surface area contributed by atoms with E-state index in [1.807, 2.05) is 6.92 Å². The van der Waals surface area contributed by atoms with Crippen LogP contribution in [0.15, 0.2) is 30.3 Å². The number of rotatable bonds is 4. The van der Waals surface area contributed by atoms with Crippen LogP contribution in [-0.2, 0) is 12.8 Å². The van der Waals surface area contributed by atoms with Crippen molar-refractivity contribution in [2.45, 2.75) is 83.5 Å². The largest absolute Gasteiger partial charge is 0.329 e. The zero-order valence-electron chi connectivity index (χ0n) is 17.7. The van der Waals surface area contributed by atoms with E-state index >= 15 is 0 Å². The number of carbonyl (C=O) groups is 1. The quantitative estimate of drug-likeness (QED) is 0.835. The van der Waals surface area contributed by atoms with Crippen LogP contribution in [0.5, 0.6) is 0 Å². The van der Waals surface area contributed by atoms with Gasteiger partial charge in [-0.2, -0.15) is 5.10 Å². The number of hydrogen-bond donors (Lipinski definition) is 2. The molecule has 1 amide bonds. The van der Waals surface area contributed by atoms with Crippen LogP contribution in [0.4, 0.5) is 0 Å². The summed E-state index contributed by atoms with van der Waals surface area (Å²) in [6, 6.07) is 12.0. The summed E-state index contributed by atoms with van der Waals surface area (Å²) in [6.07, 6.45) is 6.45. The molecule has 1 aromatic carbocycles. The summed E-state index contributed by atoms with van der Waals surface area (Å²) in [6.45, 7) is 6.54. The lowest BCUT2D eigenvalue weighted by atomic mass is 9.64. The van der Waals surface area contributed by atoms with Gasteiger partial charge in [0, 0.05) is 34.8 Å². The highest BCUT2D eigenvalue weighted by atomic mass is 16.2. The first-order valence-electron chi connectivity index (χ1n) is 11.2. The molecule has 2 saturated heterocycles. The summed E-state index contributed by atoms with van der Waals surface area (Å²) in [7, 11) is 0. The highest BCUT2D eigenvalue weighted by molar-refractivity contribution is 5.94. The van der Waals surface area contributed by atoms with Crippen molar-refractivity contribution in [3.05, 3.63) is 52.8 Å². The van der Waals surface area contributed by atoms with Gasteiger partial charge in [0.15, 0.2) is 5.69 Å². The first-order chi connectivity index (χ1) is 14.0. The minimum atomic E-state index is 0.115. The second kappa shape index (κ2) is 6.98. The Balaban J connectivity index is 1.56. The van der Waals surface area contributed by atoms with Crippen molar-refractivity contribution in [1.29, 1.82) is 0 Å². The van der Waals surface area contributed by atoms with E-state index in [1.54, 1.807) is 0 Å². The molecule has 3 fully saturated rings. The smallest absolute Gasteiger partial charge is 0.275 e. The molecule has 3 aliphatic rings. The topological polar surface area (TPSA) is 61.0 Å². The Morgan fingerprint density at radius 1 is 1.28 bits per heavy atom. The number of aromatic nitrogens is 2. The molecule has 3 heterocycles. The van der Waals surface area contributed by atoms with Crippen LogP contribution < -0.4 is 5.32 Å². The van der Waals surface area contributed by atoms with Gasteiger partial charge in [-0.05, 0) is 51.0 Å². The van der Waals surface area contributed by atoms with Crippen molar-refractivity contribution in [2.24, 2.45) is 5.41 Å². The molecule has 2 N–H and O–H groups in total. The summed E-state index contributed by atoms with van der Waals surface area (Å²) >= 11 is 0. The molecule has 0 unspecified atom stereocenters. The Labute approximate surface area is 173 Å². The average molecular weight is 393 g/mol. The number of benzene rings is 1. The Morgan fingerprint density at radius 3 is 2.79 bits per heavy atom. The van der Waals surface area contributed by atoms with Gasteiger partial charge in [0.05, 0.1) is 6.04 Å². The minimum Gasteiger partial charge on any atom is -0.329 e. The number of aryl methyl sites for hydroxylation is 1. The number of nitrogens with one attached hydrogen (secondary N) is 2. The number of nitrogens with zero attached hydrogens (tertiary/aromatic N) is 2. The number of hydrogen-bond acceptors (Lipinski definition) is 3. The van der Waals surface area contributed by atoms with Crippen molar-refractivity contribution in [3.8, 4) is 0 Å². The van der Waals surface area contributed by atoms with E-state index in [2.05, 4.69) is 64.6 Å². The number of H-pyrrole nitrogens is 1. The monoisotopic (exact) mass is 392 g/mol. The Morgan fingerprint density at radius 2 is 2.07 bits per heavy atom. The number of aromatic amines is 1. The van der Waals surface area contributed by atoms with Gasteiger partial charge in [0.25, 0.3) is 5.91 Å². The summed E-state index contributed by atoms with van der Waals surface area (Å²) in [5.41, 5.74) is 4.17. The third-order valence-electron chi connectivity index (χ3n) is 7.95. The van der Waals surface area contributed by atoms with Crippen molar-refractivity contribution in [1.82, 2.24) is 20.4 Å². The van der Waals surface area contributed by atoms with E-state index in [9.17, 15) is 4.79 Å². The fourth-order valence-electron chi connectivity index (χ4n) is 6.38. The molecule has 2 aromatic rings. The second-order valence-corrected chi connectivity index (χ2v) is 9.48. The van der Waals surface area contributed by atoms with Crippen LogP contribution in [0.25, 0.3) is 0 Å². The molecule has 2 bridgehead atoms. The Kier molecular flexibility index (Phi) is 4.54. The lowest BCUT2D eigenvalue weighted by Gasteiger charge is -2.53. The number of likely N-dealkylation sites (tertiary alicyclic amines) is 1. The van der Waals surface area contributed by atoms with Crippen LogP contribution in [0, 0.1) is 12.3 Å². The van der Waals surface area contributed by atoms with Gasteiger partial charge in [-0.3, -0.25) is 9.89 Å².